The molecule has 3 nitrogen and oxygen atoms in total. The molecule has 0 aliphatic carbocycles. The zero-order valence-electron chi connectivity index (χ0n) is 5.13. The van der Waals surface area contributed by atoms with Gasteiger partial charge in [-0.25, -0.2) is 4.57 Å². The quantitative estimate of drug-likeness (QED) is 0.374. The molecule has 0 aromatic rings. The standard InChI is InChI=1S/C5H9O3P/c1-5(2)3-4-8-9(6)7/h3-4,9H,1H2,2H3,(H,6,7). The van der Waals surface area contributed by atoms with Crippen molar-refractivity contribution in [2.45, 2.75) is 6.92 Å². The second-order valence-corrected chi connectivity index (χ2v) is 2.30. The van der Waals surface area contributed by atoms with E-state index in [1.165, 1.54) is 6.08 Å². The molecule has 0 aromatic heterocycles. The van der Waals surface area contributed by atoms with Crippen LogP contribution >= 0.6 is 8.25 Å². The molecule has 1 unspecified atom stereocenters. The summed E-state index contributed by atoms with van der Waals surface area (Å²) in [6.45, 7) is 5.27. The van der Waals surface area contributed by atoms with E-state index in [4.69, 9.17) is 4.89 Å². The highest BCUT2D eigenvalue weighted by atomic mass is 31.1. The Kier molecular flexibility index (Phi) is 4.10. The van der Waals surface area contributed by atoms with Crippen molar-refractivity contribution in [2.75, 3.05) is 0 Å². The van der Waals surface area contributed by atoms with Gasteiger partial charge in [0.15, 0.2) is 0 Å². The Hall–Kier alpha value is -0.530. The van der Waals surface area contributed by atoms with Crippen molar-refractivity contribution >= 4 is 8.25 Å². The van der Waals surface area contributed by atoms with E-state index in [0.29, 0.717) is 0 Å². The highest BCUT2D eigenvalue weighted by Gasteiger charge is 1.81. The van der Waals surface area contributed by atoms with Gasteiger partial charge in [-0.1, -0.05) is 12.2 Å². The van der Waals surface area contributed by atoms with Gasteiger partial charge in [-0.05, 0) is 13.0 Å². The normalized spacial score (nSPS) is 13.6. The van der Waals surface area contributed by atoms with Gasteiger partial charge in [0, 0.05) is 0 Å². The number of hydrogen-bond acceptors (Lipinski definition) is 2. The van der Waals surface area contributed by atoms with E-state index < -0.39 is 8.25 Å². The average Bonchev–Trinajstić information content (AvgIpc) is 1.63. The van der Waals surface area contributed by atoms with Crippen LogP contribution in [0.5, 0.6) is 0 Å². The van der Waals surface area contributed by atoms with Crippen molar-refractivity contribution in [3.8, 4) is 0 Å². The molecule has 0 rings (SSSR count). The first-order chi connectivity index (χ1) is 4.13. The number of hydrogen-bond donors (Lipinski definition) is 1. The van der Waals surface area contributed by atoms with Crippen molar-refractivity contribution in [2.24, 2.45) is 0 Å². The summed E-state index contributed by atoms with van der Waals surface area (Å²) in [5.74, 6) is 0. The Labute approximate surface area is 54.6 Å². The Bertz CT molecular complexity index is 150. The van der Waals surface area contributed by atoms with Crippen molar-refractivity contribution in [1.82, 2.24) is 0 Å². The summed E-state index contributed by atoms with van der Waals surface area (Å²) >= 11 is 0. The average molecular weight is 148 g/mol. The Morgan fingerprint density at radius 2 is 2.44 bits per heavy atom. The molecule has 0 saturated heterocycles. The third-order valence-electron chi connectivity index (χ3n) is 0.521. The van der Waals surface area contributed by atoms with E-state index in [-0.39, 0.29) is 0 Å². The Morgan fingerprint density at radius 3 is 2.78 bits per heavy atom. The summed E-state index contributed by atoms with van der Waals surface area (Å²) in [6, 6.07) is 0. The van der Waals surface area contributed by atoms with Crippen molar-refractivity contribution in [3.63, 3.8) is 0 Å². The van der Waals surface area contributed by atoms with E-state index in [1.807, 2.05) is 0 Å². The second-order valence-electron chi connectivity index (χ2n) is 1.53. The fourth-order valence-corrected chi connectivity index (χ4v) is 0.393. The maximum atomic E-state index is 9.86. The Balaban J connectivity index is 3.48. The van der Waals surface area contributed by atoms with Crippen LogP contribution < -0.4 is 0 Å². The summed E-state index contributed by atoms with van der Waals surface area (Å²) in [7, 11) is -2.81. The summed E-state index contributed by atoms with van der Waals surface area (Å²) in [5, 5.41) is 0. The third-order valence-corrected chi connectivity index (χ3v) is 0.859. The first kappa shape index (κ1) is 8.47. The maximum absolute atomic E-state index is 9.86. The molecular weight excluding hydrogens is 139 g/mol. The fourth-order valence-electron chi connectivity index (χ4n) is 0.208. The smallest absolute Gasteiger partial charge is 0.364 e. The van der Waals surface area contributed by atoms with Gasteiger partial charge in [-0.2, -0.15) is 0 Å². The number of rotatable bonds is 3. The molecular formula is C5H9O3P. The van der Waals surface area contributed by atoms with E-state index in [0.717, 1.165) is 11.8 Å². The van der Waals surface area contributed by atoms with Crippen LogP contribution in [0.4, 0.5) is 0 Å². The minimum atomic E-state index is -2.81. The van der Waals surface area contributed by atoms with E-state index >= 15 is 0 Å². The van der Waals surface area contributed by atoms with Gasteiger partial charge < -0.3 is 9.42 Å². The summed E-state index contributed by atoms with van der Waals surface area (Å²) in [5.41, 5.74) is 0.776. The molecule has 0 amide bonds. The largest absolute Gasteiger partial charge is 0.434 e. The van der Waals surface area contributed by atoms with Crippen molar-refractivity contribution in [1.29, 1.82) is 0 Å². The van der Waals surface area contributed by atoms with Crippen LogP contribution in [0.3, 0.4) is 0 Å². The van der Waals surface area contributed by atoms with Gasteiger partial charge in [-0.3, -0.25) is 0 Å². The summed E-state index contributed by atoms with van der Waals surface area (Å²) in [6.07, 6.45) is 2.67. The molecule has 0 bridgehead atoms. The van der Waals surface area contributed by atoms with Crippen molar-refractivity contribution < 1.29 is 14.0 Å². The van der Waals surface area contributed by atoms with Crippen LogP contribution in [-0.2, 0) is 9.09 Å². The molecule has 0 spiro atoms. The lowest BCUT2D eigenvalue weighted by Gasteiger charge is -1.89. The first-order valence-electron chi connectivity index (χ1n) is 2.34. The summed E-state index contributed by atoms with van der Waals surface area (Å²) in [4.78, 5) is 8.11. The lowest BCUT2D eigenvalue weighted by atomic mass is 10.4. The molecule has 9 heavy (non-hydrogen) atoms. The molecule has 0 aliphatic rings. The minimum Gasteiger partial charge on any atom is -0.434 e. The molecule has 0 aromatic carbocycles. The van der Waals surface area contributed by atoms with Gasteiger partial charge in [0.05, 0.1) is 6.26 Å². The predicted octanol–water partition coefficient (Wildman–Crippen LogP) is 1.47. The van der Waals surface area contributed by atoms with Gasteiger partial charge in [0.1, 0.15) is 0 Å². The predicted molar refractivity (Wildman–Crippen MR) is 36.3 cm³/mol. The lowest BCUT2D eigenvalue weighted by molar-refractivity contribution is 0.378. The van der Waals surface area contributed by atoms with E-state index in [1.54, 1.807) is 6.92 Å². The first-order valence-corrected chi connectivity index (χ1v) is 3.61. The lowest BCUT2D eigenvalue weighted by Crippen LogP contribution is -1.64. The Morgan fingerprint density at radius 1 is 1.89 bits per heavy atom. The molecule has 1 atom stereocenters. The molecule has 0 heterocycles. The molecule has 0 saturated carbocycles. The van der Waals surface area contributed by atoms with Crippen LogP contribution in [0.25, 0.3) is 0 Å². The van der Waals surface area contributed by atoms with Crippen LogP contribution in [0.15, 0.2) is 24.5 Å². The van der Waals surface area contributed by atoms with Gasteiger partial charge in [0.2, 0.25) is 0 Å². The zero-order chi connectivity index (χ0) is 7.28. The van der Waals surface area contributed by atoms with Crippen molar-refractivity contribution in [3.05, 3.63) is 24.5 Å². The molecule has 4 heteroatoms. The molecule has 1 N–H and O–H groups in total. The monoisotopic (exact) mass is 148 g/mol. The van der Waals surface area contributed by atoms with Gasteiger partial charge >= 0.3 is 8.25 Å². The molecule has 0 aliphatic heterocycles. The highest BCUT2D eigenvalue weighted by molar-refractivity contribution is 7.32. The molecule has 52 valence electrons. The molecule has 0 radical (unpaired) electrons. The van der Waals surface area contributed by atoms with Crippen LogP contribution in [0.1, 0.15) is 6.92 Å². The van der Waals surface area contributed by atoms with Gasteiger partial charge in [0.25, 0.3) is 0 Å². The zero-order valence-corrected chi connectivity index (χ0v) is 6.13. The number of allylic oxidation sites excluding steroid dienone is 2. The fraction of sp³-hybridized carbons (Fsp3) is 0.200. The van der Waals surface area contributed by atoms with Crippen LogP contribution in [0.2, 0.25) is 0 Å². The topological polar surface area (TPSA) is 46.5 Å². The minimum absolute atomic E-state index is 0.776. The second kappa shape index (κ2) is 4.36. The third kappa shape index (κ3) is 7.47. The van der Waals surface area contributed by atoms with Crippen LogP contribution in [-0.4, -0.2) is 4.89 Å². The van der Waals surface area contributed by atoms with Crippen LogP contribution in [0, 0.1) is 0 Å². The van der Waals surface area contributed by atoms with E-state index in [9.17, 15) is 4.57 Å². The SMILES string of the molecule is C=C(C)C=CO[PH](=O)O. The molecule has 0 fully saturated rings. The maximum Gasteiger partial charge on any atom is 0.364 e. The van der Waals surface area contributed by atoms with Gasteiger partial charge in [-0.15, -0.1) is 0 Å². The summed E-state index contributed by atoms with van der Waals surface area (Å²) < 4.78 is 14.1. The van der Waals surface area contributed by atoms with E-state index in [2.05, 4.69) is 11.1 Å². The highest BCUT2D eigenvalue weighted by Crippen LogP contribution is 2.14.